The molecule has 2 aromatic carbocycles. The van der Waals surface area contributed by atoms with Crippen molar-refractivity contribution in [2.75, 3.05) is 0 Å². The van der Waals surface area contributed by atoms with Crippen LogP contribution < -0.4 is 5.56 Å². The molecule has 2 aromatic heterocycles. The molecule has 0 atom stereocenters. The Morgan fingerprint density at radius 2 is 1.79 bits per heavy atom. The van der Waals surface area contributed by atoms with Crippen LogP contribution in [0.25, 0.3) is 32.0 Å². The molecule has 4 aromatic rings. The van der Waals surface area contributed by atoms with Gasteiger partial charge in [0.1, 0.15) is 10.6 Å². The van der Waals surface area contributed by atoms with Gasteiger partial charge in [-0.3, -0.25) is 25.1 Å². The van der Waals surface area contributed by atoms with Crippen molar-refractivity contribution in [1.82, 2.24) is 15.2 Å². The third-order valence-electron chi connectivity index (χ3n) is 3.65. The fourth-order valence-corrected chi connectivity index (χ4v) is 3.52. The van der Waals surface area contributed by atoms with Gasteiger partial charge in [0, 0.05) is 17.7 Å². The minimum absolute atomic E-state index is 0.00169. The molecule has 0 saturated carbocycles. The lowest BCUT2D eigenvalue weighted by molar-refractivity contribution is -0.384. The van der Waals surface area contributed by atoms with E-state index in [0.717, 1.165) is 10.2 Å². The van der Waals surface area contributed by atoms with Crippen LogP contribution in [0.4, 0.5) is 5.69 Å². The van der Waals surface area contributed by atoms with Gasteiger partial charge in [-0.05, 0) is 24.3 Å². The number of H-pyrrole nitrogens is 2. The first-order valence-electron chi connectivity index (χ1n) is 7.05. The molecule has 0 spiro atoms. The lowest BCUT2D eigenvalue weighted by atomic mass is 10.1. The summed E-state index contributed by atoms with van der Waals surface area (Å²) in [5, 5.41) is 16.8. The summed E-state index contributed by atoms with van der Waals surface area (Å²) in [6.07, 6.45) is 0. The van der Waals surface area contributed by atoms with E-state index in [4.69, 9.17) is 0 Å². The second-order valence-electron chi connectivity index (χ2n) is 5.12. The molecule has 0 fully saturated rings. The maximum Gasteiger partial charge on any atom is 0.274 e. The first kappa shape index (κ1) is 14.3. The molecule has 0 bridgehead atoms. The maximum atomic E-state index is 12.2. The highest BCUT2D eigenvalue weighted by molar-refractivity contribution is 7.21. The molecule has 4 rings (SSSR count). The predicted octanol–water partition coefficient (Wildman–Crippen LogP) is 3.55. The Balaban J connectivity index is 1.87. The fraction of sp³-hybridized carbons (Fsp3) is 0. The van der Waals surface area contributed by atoms with E-state index in [2.05, 4.69) is 15.2 Å². The van der Waals surface area contributed by atoms with Crippen LogP contribution in [0.1, 0.15) is 0 Å². The van der Waals surface area contributed by atoms with Crippen molar-refractivity contribution in [3.05, 3.63) is 69.0 Å². The number of non-ortho nitro benzene ring substituents is 1. The number of nitro benzene ring substituents is 1. The van der Waals surface area contributed by atoms with Crippen LogP contribution in [0.5, 0.6) is 0 Å². The Hall–Kier alpha value is -3.26. The minimum atomic E-state index is -0.460. The zero-order valence-electron chi connectivity index (χ0n) is 12.1. The van der Waals surface area contributed by atoms with Gasteiger partial charge in [0.2, 0.25) is 0 Å². The largest absolute Gasteiger partial charge is 0.297 e. The smallest absolute Gasteiger partial charge is 0.274 e. The van der Waals surface area contributed by atoms with Gasteiger partial charge in [0.05, 0.1) is 20.8 Å². The second-order valence-corrected chi connectivity index (χ2v) is 6.15. The average molecular weight is 338 g/mol. The molecule has 2 N–H and O–H groups in total. The Kier molecular flexibility index (Phi) is 3.24. The van der Waals surface area contributed by atoms with Gasteiger partial charge in [-0.1, -0.05) is 12.1 Å². The second kappa shape index (κ2) is 5.43. The normalized spacial score (nSPS) is 11.0. The summed E-state index contributed by atoms with van der Waals surface area (Å²) in [4.78, 5) is 27.1. The summed E-state index contributed by atoms with van der Waals surface area (Å²) in [6, 6.07) is 13.7. The standard InChI is InChI=1S/C16H10N4O3S/c21-15-13(16-17-11-3-1-2-4-12(11)24-16)14(18-19-15)9-5-7-10(8-6-9)20(22)23/h1-8H,(H2,18,19,21). The van der Waals surface area contributed by atoms with E-state index in [1.807, 2.05) is 24.3 Å². The summed E-state index contributed by atoms with van der Waals surface area (Å²) in [7, 11) is 0. The van der Waals surface area contributed by atoms with Crippen LogP contribution in [0.2, 0.25) is 0 Å². The Morgan fingerprint density at radius 1 is 1.04 bits per heavy atom. The molecular formula is C16H10N4O3S. The number of aromatic amines is 2. The Bertz CT molecular complexity index is 1080. The highest BCUT2D eigenvalue weighted by Crippen LogP contribution is 2.33. The predicted molar refractivity (Wildman–Crippen MR) is 92.1 cm³/mol. The first-order chi connectivity index (χ1) is 11.6. The van der Waals surface area contributed by atoms with Gasteiger partial charge >= 0.3 is 0 Å². The van der Waals surface area contributed by atoms with Crippen molar-refractivity contribution < 1.29 is 4.92 Å². The van der Waals surface area contributed by atoms with E-state index in [-0.39, 0.29) is 11.2 Å². The number of hydrogen-bond donors (Lipinski definition) is 2. The third kappa shape index (κ3) is 2.29. The highest BCUT2D eigenvalue weighted by atomic mass is 32.1. The van der Waals surface area contributed by atoms with E-state index in [1.165, 1.54) is 23.5 Å². The van der Waals surface area contributed by atoms with Crippen molar-refractivity contribution in [3.63, 3.8) is 0 Å². The van der Waals surface area contributed by atoms with Gasteiger partial charge in [-0.25, -0.2) is 4.98 Å². The molecule has 0 unspecified atom stereocenters. The highest BCUT2D eigenvalue weighted by Gasteiger charge is 2.18. The van der Waals surface area contributed by atoms with Crippen LogP contribution in [-0.4, -0.2) is 20.1 Å². The summed E-state index contributed by atoms with van der Waals surface area (Å²) >= 11 is 1.43. The molecule has 2 heterocycles. The number of thiazole rings is 1. The summed E-state index contributed by atoms with van der Waals surface area (Å²) in [5.41, 5.74) is 2.22. The van der Waals surface area contributed by atoms with Crippen LogP contribution in [-0.2, 0) is 0 Å². The van der Waals surface area contributed by atoms with Crippen molar-refractivity contribution in [1.29, 1.82) is 0 Å². The zero-order valence-corrected chi connectivity index (χ0v) is 13.0. The summed E-state index contributed by atoms with van der Waals surface area (Å²) in [6.45, 7) is 0. The average Bonchev–Trinajstić information content (AvgIpc) is 3.17. The quantitative estimate of drug-likeness (QED) is 0.440. The number of nitro groups is 1. The molecule has 0 saturated heterocycles. The van der Waals surface area contributed by atoms with E-state index < -0.39 is 4.92 Å². The van der Waals surface area contributed by atoms with E-state index in [1.54, 1.807) is 12.1 Å². The number of nitrogens with zero attached hydrogens (tertiary/aromatic N) is 2. The number of hydrogen-bond acceptors (Lipinski definition) is 5. The molecule has 0 radical (unpaired) electrons. The molecule has 8 heteroatoms. The van der Waals surface area contributed by atoms with Crippen LogP contribution in [0, 0.1) is 10.1 Å². The van der Waals surface area contributed by atoms with Crippen LogP contribution in [0.3, 0.4) is 0 Å². The number of aromatic nitrogens is 3. The van der Waals surface area contributed by atoms with Gasteiger partial charge < -0.3 is 0 Å². The topological polar surface area (TPSA) is 105 Å². The number of benzene rings is 2. The minimum Gasteiger partial charge on any atom is -0.297 e. The van der Waals surface area contributed by atoms with Gasteiger partial charge in [-0.15, -0.1) is 11.3 Å². The summed E-state index contributed by atoms with van der Waals surface area (Å²) in [5.74, 6) is 0. The van der Waals surface area contributed by atoms with Gasteiger partial charge in [0.15, 0.2) is 0 Å². The number of rotatable bonds is 3. The van der Waals surface area contributed by atoms with Crippen molar-refractivity contribution in [2.24, 2.45) is 0 Å². The monoisotopic (exact) mass is 338 g/mol. The molecule has 0 amide bonds. The molecule has 0 aliphatic heterocycles. The fourth-order valence-electron chi connectivity index (χ4n) is 2.51. The molecule has 0 aliphatic carbocycles. The molecule has 0 aliphatic rings. The maximum absolute atomic E-state index is 12.2. The molecule has 7 nitrogen and oxygen atoms in total. The van der Waals surface area contributed by atoms with E-state index >= 15 is 0 Å². The Labute approximate surface area is 138 Å². The molecular weight excluding hydrogens is 328 g/mol. The van der Waals surface area contributed by atoms with Crippen molar-refractivity contribution in [2.45, 2.75) is 0 Å². The van der Waals surface area contributed by atoms with Gasteiger partial charge in [0.25, 0.3) is 11.2 Å². The number of nitrogens with one attached hydrogen (secondary N) is 2. The first-order valence-corrected chi connectivity index (χ1v) is 7.86. The zero-order chi connectivity index (χ0) is 16.7. The lowest BCUT2D eigenvalue weighted by Gasteiger charge is -2.00. The summed E-state index contributed by atoms with van der Waals surface area (Å²) < 4.78 is 0.989. The van der Waals surface area contributed by atoms with Crippen molar-refractivity contribution in [3.8, 4) is 21.8 Å². The van der Waals surface area contributed by atoms with Crippen LogP contribution >= 0.6 is 11.3 Å². The molecule has 118 valence electrons. The van der Waals surface area contributed by atoms with E-state index in [0.29, 0.717) is 21.8 Å². The number of para-hydroxylation sites is 1. The van der Waals surface area contributed by atoms with Crippen LogP contribution in [0.15, 0.2) is 53.3 Å². The van der Waals surface area contributed by atoms with E-state index in [9.17, 15) is 14.9 Å². The van der Waals surface area contributed by atoms with Crippen molar-refractivity contribution >= 4 is 27.2 Å². The molecule has 24 heavy (non-hydrogen) atoms. The Morgan fingerprint density at radius 3 is 2.50 bits per heavy atom. The number of fused-ring (bicyclic) bond motifs is 1. The lowest BCUT2D eigenvalue weighted by Crippen LogP contribution is -2.01. The van der Waals surface area contributed by atoms with Gasteiger partial charge in [-0.2, -0.15) is 0 Å². The third-order valence-corrected chi connectivity index (χ3v) is 4.71. The SMILES string of the molecule is O=c1[nH][nH]c(-c2ccc([N+](=O)[O-])cc2)c1-c1nc2ccccc2s1.